The highest BCUT2D eigenvalue weighted by Gasteiger charge is 2.07. The molecule has 1 unspecified atom stereocenters. The minimum Gasteiger partial charge on any atom is -0.318 e. The summed E-state index contributed by atoms with van der Waals surface area (Å²) in [7, 11) is 1.96. The number of nitrogens with one attached hydrogen (secondary N) is 1. The van der Waals surface area contributed by atoms with Gasteiger partial charge in [-0.05, 0) is 20.0 Å². The molecule has 14 heavy (non-hydrogen) atoms. The van der Waals surface area contributed by atoms with Gasteiger partial charge >= 0.3 is 0 Å². The average Bonchev–Trinajstić information content (AvgIpc) is 2.61. The number of hydrogen-bond acceptors (Lipinski definition) is 2. The van der Waals surface area contributed by atoms with Crippen LogP contribution in [0.15, 0.2) is 30.5 Å². The molecule has 0 aliphatic heterocycles. The van der Waals surface area contributed by atoms with Crippen LogP contribution in [0.3, 0.4) is 0 Å². The zero-order valence-electron chi connectivity index (χ0n) is 8.57. The Morgan fingerprint density at radius 3 is 3.00 bits per heavy atom. The van der Waals surface area contributed by atoms with Crippen LogP contribution >= 0.6 is 0 Å². The third-order valence-electron chi connectivity index (χ3n) is 2.42. The van der Waals surface area contributed by atoms with Gasteiger partial charge < -0.3 is 5.32 Å². The van der Waals surface area contributed by atoms with E-state index < -0.39 is 0 Å². The van der Waals surface area contributed by atoms with Gasteiger partial charge in [0.05, 0.1) is 17.8 Å². The van der Waals surface area contributed by atoms with Gasteiger partial charge in [-0.2, -0.15) is 5.10 Å². The number of benzene rings is 1. The second kappa shape index (κ2) is 3.80. The van der Waals surface area contributed by atoms with Crippen LogP contribution in [0.25, 0.3) is 10.9 Å². The molecule has 74 valence electrons. The van der Waals surface area contributed by atoms with Crippen LogP contribution in [-0.4, -0.2) is 23.4 Å². The van der Waals surface area contributed by atoms with Gasteiger partial charge in [0.15, 0.2) is 0 Å². The van der Waals surface area contributed by atoms with Gasteiger partial charge in [0.2, 0.25) is 0 Å². The van der Waals surface area contributed by atoms with Crippen molar-refractivity contribution in [3.05, 3.63) is 30.5 Å². The van der Waals surface area contributed by atoms with E-state index in [0.717, 1.165) is 6.54 Å². The van der Waals surface area contributed by atoms with E-state index in [2.05, 4.69) is 34.2 Å². The molecule has 2 aromatic rings. The fourth-order valence-corrected chi connectivity index (χ4v) is 1.73. The van der Waals surface area contributed by atoms with Crippen molar-refractivity contribution in [3.63, 3.8) is 0 Å². The minimum atomic E-state index is 0.389. The molecule has 1 N–H and O–H groups in total. The van der Waals surface area contributed by atoms with Gasteiger partial charge in [-0.1, -0.05) is 18.2 Å². The Kier molecular flexibility index (Phi) is 2.50. The molecule has 0 saturated carbocycles. The van der Waals surface area contributed by atoms with E-state index in [4.69, 9.17) is 0 Å². The first kappa shape index (κ1) is 9.21. The number of rotatable bonds is 3. The molecule has 1 aromatic carbocycles. The van der Waals surface area contributed by atoms with Crippen LogP contribution in [0.2, 0.25) is 0 Å². The molecule has 0 aliphatic carbocycles. The highest BCUT2D eigenvalue weighted by atomic mass is 15.3. The first-order valence-electron chi connectivity index (χ1n) is 4.90. The van der Waals surface area contributed by atoms with Crippen molar-refractivity contribution in [3.8, 4) is 0 Å². The molecule has 0 aliphatic rings. The Balaban J connectivity index is 2.42. The van der Waals surface area contributed by atoms with Gasteiger partial charge in [0.25, 0.3) is 0 Å². The van der Waals surface area contributed by atoms with Crippen LogP contribution < -0.4 is 5.32 Å². The summed E-state index contributed by atoms with van der Waals surface area (Å²) in [6.45, 7) is 3.10. The van der Waals surface area contributed by atoms with Crippen molar-refractivity contribution in [1.29, 1.82) is 0 Å². The fraction of sp³-hybridized carbons (Fsp3) is 0.364. The predicted octanol–water partition coefficient (Wildman–Crippen LogP) is 1.82. The van der Waals surface area contributed by atoms with Crippen molar-refractivity contribution >= 4 is 10.9 Å². The molecule has 0 fully saturated rings. The van der Waals surface area contributed by atoms with Crippen LogP contribution in [0.5, 0.6) is 0 Å². The number of fused-ring (bicyclic) bond motifs is 1. The zero-order chi connectivity index (χ0) is 9.97. The Hall–Kier alpha value is -1.35. The maximum atomic E-state index is 4.39. The van der Waals surface area contributed by atoms with Crippen molar-refractivity contribution in [2.45, 2.75) is 13.0 Å². The summed E-state index contributed by atoms with van der Waals surface area (Å²) in [5, 5.41) is 8.75. The standard InChI is InChI=1S/C11H15N3/c1-9(7-12-2)14-11-6-4-3-5-10(11)8-13-14/h3-6,8-9,12H,7H2,1-2H3. The molecule has 1 atom stereocenters. The highest BCUT2D eigenvalue weighted by Crippen LogP contribution is 2.16. The molecular weight excluding hydrogens is 174 g/mol. The SMILES string of the molecule is CNCC(C)n1ncc2ccccc21. The van der Waals surface area contributed by atoms with E-state index in [1.165, 1.54) is 10.9 Å². The molecule has 0 amide bonds. The third-order valence-corrected chi connectivity index (χ3v) is 2.42. The molecule has 0 spiro atoms. The number of hydrogen-bond donors (Lipinski definition) is 1. The first-order chi connectivity index (χ1) is 6.83. The van der Waals surface area contributed by atoms with E-state index in [1.54, 1.807) is 0 Å². The van der Waals surface area contributed by atoms with Crippen molar-refractivity contribution in [2.75, 3.05) is 13.6 Å². The van der Waals surface area contributed by atoms with E-state index in [1.807, 2.05) is 25.4 Å². The smallest absolute Gasteiger partial charge is 0.0686 e. The predicted molar refractivity (Wildman–Crippen MR) is 58.4 cm³/mol. The lowest BCUT2D eigenvalue weighted by atomic mass is 10.2. The Labute approximate surface area is 83.7 Å². The van der Waals surface area contributed by atoms with Crippen LogP contribution in [0, 0.1) is 0 Å². The molecule has 0 bridgehead atoms. The summed E-state index contributed by atoms with van der Waals surface area (Å²) in [6, 6.07) is 8.67. The van der Waals surface area contributed by atoms with Gasteiger partial charge in [0.1, 0.15) is 0 Å². The van der Waals surface area contributed by atoms with Gasteiger partial charge in [0, 0.05) is 11.9 Å². The number of nitrogens with zero attached hydrogens (tertiary/aromatic N) is 2. The summed E-state index contributed by atoms with van der Waals surface area (Å²) >= 11 is 0. The molecule has 0 saturated heterocycles. The molecule has 3 nitrogen and oxygen atoms in total. The minimum absolute atomic E-state index is 0.389. The van der Waals surface area contributed by atoms with Gasteiger partial charge in [-0.25, -0.2) is 0 Å². The van der Waals surface area contributed by atoms with E-state index in [9.17, 15) is 0 Å². The largest absolute Gasteiger partial charge is 0.318 e. The van der Waals surface area contributed by atoms with Crippen LogP contribution in [0.4, 0.5) is 0 Å². The Morgan fingerprint density at radius 1 is 1.43 bits per heavy atom. The Bertz CT molecular complexity index is 419. The number of para-hydroxylation sites is 1. The lowest BCUT2D eigenvalue weighted by molar-refractivity contribution is 0.485. The second-order valence-corrected chi connectivity index (χ2v) is 3.55. The summed E-state index contributed by atoms with van der Waals surface area (Å²) in [6.07, 6.45) is 1.92. The van der Waals surface area contributed by atoms with E-state index in [0.29, 0.717) is 6.04 Å². The molecule has 1 heterocycles. The maximum Gasteiger partial charge on any atom is 0.0686 e. The number of likely N-dealkylation sites (N-methyl/N-ethyl adjacent to an activating group) is 1. The average molecular weight is 189 g/mol. The van der Waals surface area contributed by atoms with Crippen LogP contribution in [-0.2, 0) is 0 Å². The first-order valence-corrected chi connectivity index (χ1v) is 4.90. The molecule has 2 rings (SSSR count). The van der Waals surface area contributed by atoms with Crippen molar-refractivity contribution in [2.24, 2.45) is 0 Å². The fourth-order valence-electron chi connectivity index (χ4n) is 1.73. The Morgan fingerprint density at radius 2 is 2.21 bits per heavy atom. The van der Waals surface area contributed by atoms with Gasteiger partial charge in [-0.15, -0.1) is 0 Å². The third kappa shape index (κ3) is 1.51. The lowest BCUT2D eigenvalue weighted by Crippen LogP contribution is -2.20. The molecule has 3 heteroatoms. The monoisotopic (exact) mass is 189 g/mol. The van der Waals surface area contributed by atoms with E-state index >= 15 is 0 Å². The molecule has 1 aromatic heterocycles. The number of aromatic nitrogens is 2. The quantitative estimate of drug-likeness (QED) is 0.798. The lowest BCUT2D eigenvalue weighted by Gasteiger charge is -2.12. The highest BCUT2D eigenvalue weighted by molar-refractivity contribution is 5.78. The summed E-state index contributed by atoms with van der Waals surface area (Å²) in [5.74, 6) is 0. The second-order valence-electron chi connectivity index (χ2n) is 3.55. The maximum absolute atomic E-state index is 4.39. The topological polar surface area (TPSA) is 29.9 Å². The summed E-state index contributed by atoms with van der Waals surface area (Å²) in [5.41, 5.74) is 1.20. The van der Waals surface area contributed by atoms with E-state index in [-0.39, 0.29) is 0 Å². The molecular formula is C11H15N3. The van der Waals surface area contributed by atoms with Crippen molar-refractivity contribution < 1.29 is 0 Å². The summed E-state index contributed by atoms with van der Waals surface area (Å²) < 4.78 is 2.06. The van der Waals surface area contributed by atoms with Crippen molar-refractivity contribution in [1.82, 2.24) is 15.1 Å². The van der Waals surface area contributed by atoms with Crippen LogP contribution in [0.1, 0.15) is 13.0 Å². The zero-order valence-corrected chi connectivity index (χ0v) is 8.57. The summed E-state index contributed by atoms with van der Waals surface area (Å²) in [4.78, 5) is 0. The van der Waals surface area contributed by atoms with Gasteiger partial charge in [-0.3, -0.25) is 4.68 Å². The molecule has 0 radical (unpaired) electrons. The normalized spacial score (nSPS) is 13.3.